The Morgan fingerprint density at radius 2 is 1.81 bits per heavy atom. The van der Waals surface area contributed by atoms with Crippen LogP contribution < -0.4 is 5.73 Å². The maximum atomic E-state index is 10.4. The van der Waals surface area contributed by atoms with E-state index >= 15 is 0 Å². The number of hydrogen-bond donors (Lipinski definition) is 6. The summed E-state index contributed by atoms with van der Waals surface area (Å²) in [5, 5.41) is 28.0. The molecule has 0 aliphatic carbocycles. The van der Waals surface area contributed by atoms with E-state index in [0.717, 1.165) is 0 Å². The van der Waals surface area contributed by atoms with Gasteiger partial charge >= 0.3 is 7.82 Å². The van der Waals surface area contributed by atoms with Gasteiger partial charge in [0.15, 0.2) is 6.29 Å². The fourth-order valence-electron chi connectivity index (χ4n) is 1.28. The van der Waals surface area contributed by atoms with Gasteiger partial charge in [-0.1, -0.05) is 0 Å². The van der Waals surface area contributed by atoms with Crippen LogP contribution in [0.3, 0.4) is 0 Å². The molecule has 0 aromatic carbocycles. The molecule has 96 valence electrons. The lowest BCUT2D eigenvalue weighted by Gasteiger charge is -2.38. The molecule has 1 rings (SSSR count). The molecule has 0 saturated carbocycles. The molecule has 1 fully saturated rings. The topological polar surface area (TPSA) is 163 Å². The average molecular weight is 259 g/mol. The molecule has 16 heavy (non-hydrogen) atoms. The summed E-state index contributed by atoms with van der Waals surface area (Å²) >= 11 is 0. The van der Waals surface area contributed by atoms with Crippen molar-refractivity contribution in [2.75, 3.05) is 6.61 Å². The Hall–Kier alpha value is -0.0900. The number of rotatable bonds is 3. The summed E-state index contributed by atoms with van der Waals surface area (Å²) in [7, 11) is -4.70. The van der Waals surface area contributed by atoms with E-state index < -0.39 is 45.1 Å². The van der Waals surface area contributed by atoms with Gasteiger partial charge in [-0.3, -0.25) is 4.52 Å². The quantitative estimate of drug-likeness (QED) is 0.287. The third kappa shape index (κ3) is 3.45. The number of phosphoric acid groups is 1. The monoisotopic (exact) mass is 259 g/mol. The summed E-state index contributed by atoms with van der Waals surface area (Å²) in [6.07, 6.45) is -5.76. The van der Waals surface area contributed by atoms with E-state index in [-0.39, 0.29) is 0 Å². The van der Waals surface area contributed by atoms with Gasteiger partial charge in [-0.05, 0) is 0 Å². The fraction of sp³-hybridized carbons (Fsp3) is 1.00. The smallest absolute Gasteiger partial charge is 0.388 e. The van der Waals surface area contributed by atoms with Crippen molar-refractivity contribution >= 4 is 7.82 Å². The van der Waals surface area contributed by atoms with Gasteiger partial charge in [0.2, 0.25) is 0 Å². The molecule has 0 bridgehead atoms. The van der Waals surface area contributed by atoms with Crippen LogP contribution >= 0.6 is 7.82 Å². The summed E-state index contributed by atoms with van der Waals surface area (Å²) in [6, 6.07) is -1.19. The molecule has 0 aromatic heterocycles. The van der Waals surface area contributed by atoms with Gasteiger partial charge in [0.25, 0.3) is 0 Å². The van der Waals surface area contributed by atoms with Crippen LogP contribution in [0.1, 0.15) is 0 Å². The Labute approximate surface area is 90.6 Å². The number of aliphatic hydroxyl groups is 3. The van der Waals surface area contributed by atoms with Gasteiger partial charge in [-0.25, -0.2) is 4.57 Å². The predicted octanol–water partition coefficient (Wildman–Crippen LogP) is -3.14. The second kappa shape index (κ2) is 5.05. The van der Waals surface area contributed by atoms with Crippen LogP contribution in [0.25, 0.3) is 0 Å². The second-order valence-electron chi connectivity index (χ2n) is 3.41. The molecule has 0 spiro atoms. The third-order valence-corrected chi connectivity index (χ3v) is 2.66. The van der Waals surface area contributed by atoms with E-state index in [1.165, 1.54) is 0 Å². The van der Waals surface area contributed by atoms with Crippen molar-refractivity contribution < 1.29 is 38.9 Å². The van der Waals surface area contributed by atoms with Crippen molar-refractivity contribution in [2.45, 2.75) is 30.6 Å². The molecule has 0 unspecified atom stereocenters. The lowest BCUT2D eigenvalue weighted by atomic mass is 9.98. The van der Waals surface area contributed by atoms with E-state index in [4.69, 9.17) is 20.3 Å². The Morgan fingerprint density at radius 3 is 2.31 bits per heavy atom. The van der Waals surface area contributed by atoms with Crippen LogP contribution in [0.2, 0.25) is 0 Å². The van der Waals surface area contributed by atoms with Crippen LogP contribution in [0.4, 0.5) is 0 Å². The van der Waals surface area contributed by atoms with Gasteiger partial charge in [-0.2, -0.15) is 0 Å². The number of hydrogen-bond acceptors (Lipinski definition) is 7. The average Bonchev–Trinajstić information content (AvgIpc) is 2.17. The number of nitrogens with two attached hydrogens (primary N) is 1. The minimum Gasteiger partial charge on any atom is -0.388 e. The lowest BCUT2D eigenvalue weighted by Crippen LogP contribution is -2.61. The maximum Gasteiger partial charge on any atom is 0.469 e. The molecule has 1 aliphatic rings. The van der Waals surface area contributed by atoms with Crippen molar-refractivity contribution in [1.29, 1.82) is 0 Å². The third-order valence-electron chi connectivity index (χ3n) is 2.18. The Morgan fingerprint density at radius 1 is 1.25 bits per heavy atom. The summed E-state index contributed by atoms with van der Waals surface area (Å²) in [5.41, 5.74) is 5.28. The minimum absolute atomic E-state index is 0.674. The second-order valence-corrected chi connectivity index (χ2v) is 4.65. The molecule has 5 atom stereocenters. The van der Waals surface area contributed by atoms with Crippen molar-refractivity contribution in [3.05, 3.63) is 0 Å². The first kappa shape index (κ1) is 14.0. The fourth-order valence-corrected chi connectivity index (χ4v) is 1.62. The van der Waals surface area contributed by atoms with Crippen LogP contribution in [-0.2, 0) is 13.8 Å². The molecule has 1 saturated heterocycles. The van der Waals surface area contributed by atoms with Gasteiger partial charge in [-0.15, -0.1) is 0 Å². The molecule has 7 N–H and O–H groups in total. The Bertz CT molecular complexity index is 282. The Balaban J connectivity index is 2.57. The molecular weight excluding hydrogens is 245 g/mol. The SMILES string of the molecule is N[C@@H]1[C@@H](O)[C@H](O)[C@@H](COP(=O)(O)O)O[C@H]1O. The van der Waals surface area contributed by atoms with Gasteiger partial charge in [0, 0.05) is 0 Å². The highest BCUT2D eigenvalue weighted by Crippen LogP contribution is 2.36. The zero-order chi connectivity index (χ0) is 12.5. The maximum absolute atomic E-state index is 10.4. The highest BCUT2D eigenvalue weighted by molar-refractivity contribution is 7.46. The predicted molar refractivity (Wildman–Crippen MR) is 48.9 cm³/mol. The van der Waals surface area contributed by atoms with Crippen molar-refractivity contribution in [2.24, 2.45) is 5.73 Å². The molecule has 1 aliphatic heterocycles. The van der Waals surface area contributed by atoms with Crippen molar-refractivity contribution in [3.63, 3.8) is 0 Å². The zero-order valence-corrected chi connectivity index (χ0v) is 8.97. The molecule has 0 amide bonds. The van der Waals surface area contributed by atoms with Gasteiger partial charge in [0.05, 0.1) is 12.6 Å². The Kier molecular flexibility index (Phi) is 4.41. The number of ether oxygens (including phenoxy) is 1. The van der Waals surface area contributed by atoms with Crippen molar-refractivity contribution in [1.82, 2.24) is 0 Å². The lowest BCUT2D eigenvalue weighted by molar-refractivity contribution is -0.247. The first-order valence-electron chi connectivity index (χ1n) is 4.37. The standard InChI is InChI=1S/C6H14NO8P/c7-3-5(9)4(8)2(15-6(3)10)1-14-16(11,12)13/h2-6,8-10H,1,7H2,(H2,11,12,13)/t2-,3-,4-,5-,6-/m1/s1. The molecule has 0 aromatic rings. The highest BCUT2D eigenvalue weighted by Gasteiger charge is 2.42. The summed E-state index contributed by atoms with van der Waals surface area (Å²) < 4.78 is 19.2. The molecule has 1 heterocycles. The van der Waals surface area contributed by atoms with Crippen LogP contribution in [-0.4, -0.2) is 62.4 Å². The zero-order valence-electron chi connectivity index (χ0n) is 8.08. The van der Waals surface area contributed by atoms with E-state index in [0.29, 0.717) is 0 Å². The summed E-state index contributed by atoms with van der Waals surface area (Å²) in [4.78, 5) is 16.8. The van der Waals surface area contributed by atoms with Crippen molar-refractivity contribution in [3.8, 4) is 0 Å². The van der Waals surface area contributed by atoms with Crippen LogP contribution in [0.15, 0.2) is 0 Å². The minimum atomic E-state index is -4.70. The molecule has 9 nitrogen and oxygen atoms in total. The first-order valence-corrected chi connectivity index (χ1v) is 5.91. The van der Waals surface area contributed by atoms with Crippen LogP contribution in [0.5, 0.6) is 0 Å². The van der Waals surface area contributed by atoms with E-state index in [1.54, 1.807) is 0 Å². The molecule has 10 heteroatoms. The van der Waals surface area contributed by atoms with E-state index in [9.17, 15) is 19.9 Å². The van der Waals surface area contributed by atoms with Crippen LogP contribution in [0, 0.1) is 0 Å². The number of aliphatic hydroxyl groups excluding tert-OH is 3. The van der Waals surface area contributed by atoms with Gasteiger partial charge < -0.3 is 35.6 Å². The first-order chi connectivity index (χ1) is 7.22. The van der Waals surface area contributed by atoms with Gasteiger partial charge in [0.1, 0.15) is 18.3 Å². The molecule has 0 radical (unpaired) electrons. The molecular formula is C6H14NO8P. The van der Waals surface area contributed by atoms with E-state index in [2.05, 4.69) is 4.52 Å². The normalized spacial score (nSPS) is 41.0. The summed E-state index contributed by atoms with van der Waals surface area (Å²) in [5.74, 6) is 0. The highest BCUT2D eigenvalue weighted by atomic mass is 31.2. The summed E-state index contributed by atoms with van der Waals surface area (Å²) in [6.45, 7) is -0.674. The number of phosphoric ester groups is 1. The largest absolute Gasteiger partial charge is 0.469 e. The van der Waals surface area contributed by atoms with E-state index in [1.807, 2.05) is 0 Å².